The molecule has 2 atom stereocenters. The molecule has 0 spiro atoms. The highest BCUT2D eigenvalue weighted by Crippen LogP contribution is 2.44. The lowest BCUT2D eigenvalue weighted by molar-refractivity contribution is -0.402. The van der Waals surface area contributed by atoms with Crippen LogP contribution in [-0.4, -0.2) is 38.1 Å². The van der Waals surface area contributed by atoms with Gasteiger partial charge in [0.25, 0.3) is 5.91 Å². The van der Waals surface area contributed by atoms with Gasteiger partial charge in [0.1, 0.15) is 5.37 Å². The van der Waals surface area contributed by atoms with E-state index in [1.54, 1.807) is 29.8 Å². The Morgan fingerprint density at radius 3 is 2.27 bits per heavy atom. The Kier molecular flexibility index (Phi) is 6.96. The van der Waals surface area contributed by atoms with Crippen molar-refractivity contribution in [3.8, 4) is 0 Å². The number of β-lactam (4-membered cyclic amide) rings is 1. The number of nitrogens with zero attached hydrogens (tertiary/aromatic N) is 3. The van der Waals surface area contributed by atoms with Gasteiger partial charge in [-0.2, -0.15) is 0 Å². The zero-order chi connectivity index (χ0) is 25.8. The number of aromatic nitrogens is 1. The van der Waals surface area contributed by atoms with Crippen LogP contribution in [0.25, 0.3) is 6.08 Å². The van der Waals surface area contributed by atoms with Crippen molar-refractivity contribution in [2.24, 2.45) is 0 Å². The molecule has 9 heteroatoms. The van der Waals surface area contributed by atoms with E-state index in [2.05, 4.69) is 4.98 Å². The molecule has 2 aliphatic heterocycles. The van der Waals surface area contributed by atoms with E-state index < -0.39 is 28.4 Å². The SMILES string of the molecule is O=C(OC(c1ccccc1)c1ccccc1)[C@H]1C(/C=C/[N+](=O)[O-])=CS[C@@H]2/C(=C\c3ccccn3)C(=O)N12. The smallest absolute Gasteiger partial charge is 0.334 e. The third kappa shape index (κ3) is 5.07. The second kappa shape index (κ2) is 10.6. The van der Waals surface area contributed by atoms with Gasteiger partial charge < -0.3 is 9.64 Å². The summed E-state index contributed by atoms with van der Waals surface area (Å²) in [6.45, 7) is 0. The third-order valence-electron chi connectivity index (χ3n) is 5.97. The first-order valence-corrected chi connectivity index (χ1v) is 12.4. The van der Waals surface area contributed by atoms with Gasteiger partial charge in [-0.15, -0.1) is 11.8 Å². The minimum atomic E-state index is -1.13. The van der Waals surface area contributed by atoms with Crippen LogP contribution >= 0.6 is 11.8 Å². The first kappa shape index (κ1) is 24.2. The zero-order valence-corrected chi connectivity index (χ0v) is 20.2. The van der Waals surface area contributed by atoms with Crippen LogP contribution in [0.3, 0.4) is 0 Å². The molecule has 8 nitrogen and oxygen atoms in total. The van der Waals surface area contributed by atoms with Gasteiger partial charge in [-0.25, -0.2) is 4.79 Å². The maximum absolute atomic E-state index is 13.7. The topological polar surface area (TPSA) is 103 Å². The van der Waals surface area contributed by atoms with Crippen LogP contribution < -0.4 is 0 Å². The van der Waals surface area contributed by atoms with Crippen molar-refractivity contribution in [2.45, 2.75) is 17.5 Å². The third-order valence-corrected chi connectivity index (χ3v) is 7.12. The highest BCUT2D eigenvalue weighted by Gasteiger charge is 2.52. The molecule has 0 saturated carbocycles. The van der Waals surface area contributed by atoms with E-state index in [1.165, 1.54) is 22.7 Å². The average Bonchev–Trinajstić information content (AvgIpc) is 2.94. The van der Waals surface area contributed by atoms with Crippen molar-refractivity contribution in [3.63, 3.8) is 0 Å². The molecule has 2 aliphatic rings. The van der Waals surface area contributed by atoms with Crippen LogP contribution in [-0.2, 0) is 14.3 Å². The fraction of sp³-hybridized carbons (Fsp3) is 0.107. The van der Waals surface area contributed by atoms with E-state index >= 15 is 0 Å². The Balaban J connectivity index is 1.48. The summed E-state index contributed by atoms with van der Waals surface area (Å²) in [5.74, 6) is -1.02. The number of hydrogen-bond acceptors (Lipinski definition) is 7. The highest BCUT2D eigenvalue weighted by atomic mass is 32.2. The number of ether oxygens (including phenoxy) is 1. The summed E-state index contributed by atoms with van der Waals surface area (Å²) in [7, 11) is 0. The molecule has 0 aliphatic carbocycles. The number of amides is 1. The standard InChI is InChI=1S/C28H21N3O5S/c32-26-23(17-22-13-7-8-15-29-22)27-31(26)24(21(18-37-27)14-16-30(34)35)28(33)36-25(19-9-3-1-4-10-19)20-11-5-2-6-12-20/h1-18,24-25,27H/b16-14+,23-17-/t24-,27-/m1/s1. The Morgan fingerprint density at radius 1 is 1.03 bits per heavy atom. The van der Waals surface area contributed by atoms with E-state index in [-0.39, 0.29) is 5.91 Å². The molecule has 0 N–H and O–H groups in total. The fourth-order valence-electron chi connectivity index (χ4n) is 4.25. The summed E-state index contributed by atoms with van der Waals surface area (Å²) in [4.78, 5) is 43.0. The molecule has 3 aromatic rings. The van der Waals surface area contributed by atoms with E-state index in [0.717, 1.165) is 17.3 Å². The number of carbonyl (C=O) groups is 2. The maximum atomic E-state index is 13.7. The lowest BCUT2D eigenvalue weighted by Crippen LogP contribution is -2.62. The van der Waals surface area contributed by atoms with Gasteiger partial charge in [0.05, 0.1) is 16.2 Å². The molecule has 1 saturated heterocycles. The number of benzene rings is 2. The number of thioether (sulfide) groups is 1. The lowest BCUT2D eigenvalue weighted by Gasteiger charge is -2.48. The van der Waals surface area contributed by atoms with E-state index in [0.29, 0.717) is 16.8 Å². The predicted molar refractivity (Wildman–Crippen MR) is 139 cm³/mol. The molecule has 5 rings (SSSR count). The van der Waals surface area contributed by atoms with Gasteiger partial charge >= 0.3 is 5.97 Å². The Hall–Kier alpha value is -4.50. The van der Waals surface area contributed by atoms with Crippen molar-refractivity contribution in [2.75, 3.05) is 0 Å². The highest BCUT2D eigenvalue weighted by molar-refractivity contribution is 8.03. The molecule has 0 bridgehead atoms. The van der Waals surface area contributed by atoms with Gasteiger partial charge in [0, 0.05) is 12.3 Å². The number of esters is 1. The van der Waals surface area contributed by atoms with Gasteiger partial charge in [0.2, 0.25) is 6.20 Å². The quantitative estimate of drug-likeness (QED) is 0.148. The van der Waals surface area contributed by atoms with Gasteiger partial charge in [-0.1, -0.05) is 66.7 Å². The fourth-order valence-corrected chi connectivity index (χ4v) is 5.41. The Bertz CT molecular complexity index is 1370. The molecule has 0 radical (unpaired) electrons. The molecule has 2 aromatic carbocycles. The first-order chi connectivity index (χ1) is 18.0. The first-order valence-electron chi connectivity index (χ1n) is 11.5. The van der Waals surface area contributed by atoms with Crippen LogP contribution in [0, 0.1) is 10.1 Å². The summed E-state index contributed by atoms with van der Waals surface area (Å²) in [6, 6.07) is 22.8. The molecule has 37 heavy (non-hydrogen) atoms. The molecular formula is C28H21N3O5S. The summed E-state index contributed by atoms with van der Waals surface area (Å²) >= 11 is 1.30. The summed E-state index contributed by atoms with van der Waals surface area (Å²) in [6.07, 6.45) is 4.61. The molecule has 184 valence electrons. The van der Waals surface area contributed by atoms with Crippen LogP contribution in [0.15, 0.2) is 114 Å². The monoisotopic (exact) mass is 511 g/mol. The molecule has 1 fully saturated rings. The lowest BCUT2D eigenvalue weighted by atomic mass is 9.96. The van der Waals surface area contributed by atoms with Crippen LogP contribution in [0.2, 0.25) is 0 Å². The molecule has 3 heterocycles. The number of carbonyl (C=O) groups excluding carboxylic acids is 2. The maximum Gasteiger partial charge on any atom is 0.334 e. The number of rotatable bonds is 7. The minimum absolute atomic E-state index is 0.313. The van der Waals surface area contributed by atoms with Gasteiger partial charge in [-0.3, -0.25) is 19.9 Å². The average molecular weight is 512 g/mol. The minimum Gasteiger partial charge on any atom is -0.451 e. The second-order valence-electron chi connectivity index (χ2n) is 8.31. The van der Waals surface area contributed by atoms with Crippen molar-refractivity contribution in [1.29, 1.82) is 0 Å². The van der Waals surface area contributed by atoms with Crippen molar-refractivity contribution < 1.29 is 19.2 Å². The molecule has 1 aromatic heterocycles. The van der Waals surface area contributed by atoms with E-state index in [4.69, 9.17) is 4.74 Å². The Labute approximate surface area is 217 Å². The number of hydrogen-bond donors (Lipinski definition) is 0. The molecular weight excluding hydrogens is 490 g/mol. The molecule has 1 amide bonds. The summed E-state index contributed by atoms with van der Waals surface area (Å²) in [5.41, 5.74) is 2.97. The summed E-state index contributed by atoms with van der Waals surface area (Å²) < 4.78 is 6.04. The number of fused-ring (bicyclic) bond motifs is 1. The van der Waals surface area contributed by atoms with Crippen LogP contribution in [0.4, 0.5) is 0 Å². The van der Waals surface area contributed by atoms with Gasteiger partial charge in [-0.05, 0) is 40.3 Å². The Morgan fingerprint density at radius 2 is 1.68 bits per heavy atom. The normalized spacial score (nSPS) is 19.9. The summed E-state index contributed by atoms with van der Waals surface area (Å²) in [5, 5.41) is 12.3. The van der Waals surface area contributed by atoms with Crippen LogP contribution in [0.1, 0.15) is 22.9 Å². The van der Waals surface area contributed by atoms with Crippen molar-refractivity contribution >= 4 is 29.7 Å². The molecule has 0 unspecified atom stereocenters. The number of nitro groups is 1. The number of pyridine rings is 1. The van der Waals surface area contributed by atoms with Crippen molar-refractivity contribution in [3.05, 3.63) is 141 Å². The van der Waals surface area contributed by atoms with E-state index in [9.17, 15) is 19.7 Å². The van der Waals surface area contributed by atoms with Gasteiger partial charge in [0.15, 0.2) is 12.1 Å². The zero-order valence-electron chi connectivity index (χ0n) is 19.4. The van der Waals surface area contributed by atoms with Crippen molar-refractivity contribution in [1.82, 2.24) is 9.88 Å². The van der Waals surface area contributed by atoms with E-state index in [1.807, 2.05) is 66.7 Å². The largest absolute Gasteiger partial charge is 0.451 e. The van der Waals surface area contributed by atoms with Crippen LogP contribution in [0.5, 0.6) is 0 Å². The predicted octanol–water partition coefficient (Wildman–Crippen LogP) is 4.76. The second-order valence-corrected chi connectivity index (χ2v) is 9.27.